The molecular weight excluding hydrogens is 477 g/mol. The first kappa shape index (κ1) is 30.1. The number of piperidine rings is 1. The van der Waals surface area contributed by atoms with Crippen LogP contribution in [0.1, 0.15) is 44.7 Å². The number of hydrogen-bond acceptors (Lipinski definition) is 5. The number of likely N-dealkylation sites (tertiary alicyclic amines) is 1. The zero-order valence-electron chi connectivity index (χ0n) is 22.2. The summed E-state index contributed by atoms with van der Waals surface area (Å²) in [5.41, 5.74) is 1.96. The lowest BCUT2D eigenvalue weighted by Crippen LogP contribution is -2.49. The molecule has 1 aliphatic heterocycles. The van der Waals surface area contributed by atoms with Gasteiger partial charge in [-0.25, -0.2) is 14.0 Å². The van der Waals surface area contributed by atoms with Crippen molar-refractivity contribution in [3.05, 3.63) is 65.5 Å². The summed E-state index contributed by atoms with van der Waals surface area (Å²) in [6.07, 6.45) is 0.644. The standard InChI is InChI=1S/C25H34FN3O2.C3H6O3/c1-19(2)18-31-24-10-6-20(7-11-24)16-27-25(30)29(23-12-14-28(3)15-13-23)17-21-4-8-22(26)9-5-21;1-2(4)3(5)6/h4-11,19,23H,12-18H2,1-3H3,(H,27,30);2,4H,1H3,(H,5,6). The van der Waals surface area contributed by atoms with Gasteiger partial charge in [-0.15, -0.1) is 0 Å². The fourth-order valence-corrected chi connectivity index (χ4v) is 3.71. The van der Waals surface area contributed by atoms with Crippen molar-refractivity contribution in [1.29, 1.82) is 0 Å². The molecule has 1 heterocycles. The van der Waals surface area contributed by atoms with Crippen LogP contribution in [0.2, 0.25) is 0 Å². The van der Waals surface area contributed by atoms with Gasteiger partial charge in [-0.1, -0.05) is 38.1 Å². The molecule has 0 saturated carbocycles. The number of aliphatic hydroxyl groups excluding tert-OH is 1. The van der Waals surface area contributed by atoms with Crippen LogP contribution in [-0.4, -0.2) is 70.9 Å². The number of nitrogens with one attached hydrogen (secondary N) is 1. The van der Waals surface area contributed by atoms with Gasteiger partial charge in [-0.3, -0.25) is 0 Å². The first-order valence-electron chi connectivity index (χ1n) is 12.6. The normalized spacial score (nSPS) is 14.9. The minimum absolute atomic E-state index is 0.0842. The van der Waals surface area contributed by atoms with Gasteiger partial charge in [0, 0.05) is 19.1 Å². The Kier molecular flexibility index (Phi) is 12.3. The third kappa shape index (κ3) is 11.2. The van der Waals surface area contributed by atoms with E-state index in [1.54, 1.807) is 12.1 Å². The van der Waals surface area contributed by atoms with Crippen molar-refractivity contribution < 1.29 is 28.9 Å². The Labute approximate surface area is 219 Å². The number of urea groups is 1. The van der Waals surface area contributed by atoms with Gasteiger partial charge in [0.15, 0.2) is 0 Å². The first-order chi connectivity index (χ1) is 17.5. The van der Waals surface area contributed by atoms with Gasteiger partial charge >= 0.3 is 12.0 Å². The largest absolute Gasteiger partial charge is 0.493 e. The highest BCUT2D eigenvalue weighted by atomic mass is 19.1. The van der Waals surface area contributed by atoms with Gasteiger partial charge in [-0.2, -0.15) is 0 Å². The van der Waals surface area contributed by atoms with Crippen molar-refractivity contribution in [1.82, 2.24) is 15.1 Å². The summed E-state index contributed by atoms with van der Waals surface area (Å²) in [7, 11) is 2.11. The second-order valence-corrected chi connectivity index (χ2v) is 9.81. The highest BCUT2D eigenvalue weighted by Crippen LogP contribution is 2.19. The molecule has 1 atom stereocenters. The summed E-state index contributed by atoms with van der Waals surface area (Å²) in [6, 6.07) is 14.3. The molecule has 2 amide bonds. The number of carboxylic acids is 1. The highest BCUT2D eigenvalue weighted by Gasteiger charge is 2.27. The van der Waals surface area contributed by atoms with Gasteiger partial charge < -0.3 is 30.1 Å². The molecule has 3 rings (SSSR count). The molecule has 0 aliphatic carbocycles. The quantitative estimate of drug-likeness (QED) is 0.463. The molecule has 1 aliphatic rings. The molecule has 0 aromatic heterocycles. The van der Waals surface area contributed by atoms with Crippen molar-refractivity contribution in [3.8, 4) is 5.75 Å². The number of ether oxygens (including phenoxy) is 1. The number of rotatable bonds is 9. The number of carbonyl (C=O) groups excluding carboxylic acids is 1. The summed E-state index contributed by atoms with van der Waals surface area (Å²) in [5, 5.41) is 18.8. The van der Waals surface area contributed by atoms with Crippen molar-refractivity contribution in [2.75, 3.05) is 26.7 Å². The van der Waals surface area contributed by atoms with Gasteiger partial charge in [0.1, 0.15) is 17.7 Å². The van der Waals surface area contributed by atoms with Crippen molar-refractivity contribution in [2.24, 2.45) is 5.92 Å². The Morgan fingerprint density at radius 1 is 1.05 bits per heavy atom. The second-order valence-electron chi connectivity index (χ2n) is 9.81. The number of benzene rings is 2. The second kappa shape index (κ2) is 15.2. The number of carbonyl (C=O) groups is 2. The Morgan fingerprint density at radius 3 is 2.11 bits per heavy atom. The van der Waals surface area contributed by atoms with E-state index in [0.717, 1.165) is 42.8 Å². The lowest BCUT2D eigenvalue weighted by Gasteiger charge is -2.37. The summed E-state index contributed by atoms with van der Waals surface area (Å²) >= 11 is 0. The van der Waals surface area contributed by atoms with Gasteiger partial charge in [0.2, 0.25) is 0 Å². The maximum Gasteiger partial charge on any atom is 0.332 e. The van der Waals surface area contributed by atoms with Crippen LogP contribution in [-0.2, 0) is 17.9 Å². The zero-order valence-corrected chi connectivity index (χ0v) is 22.2. The third-order valence-electron chi connectivity index (χ3n) is 5.96. The van der Waals surface area contributed by atoms with Gasteiger partial charge in [0.05, 0.1) is 6.61 Å². The van der Waals surface area contributed by atoms with E-state index in [4.69, 9.17) is 14.9 Å². The summed E-state index contributed by atoms with van der Waals surface area (Å²) in [5.74, 6) is -0.131. The number of nitrogens with zero attached hydrogens (tertiary/aromatic N) is 2. The molecule has 2 aromatic carbocycles. The van der Waals surface area contributed by atoms with Crippen LogP contribution in [0.5, 0.6) is 5.75 Å². The molecule has 9 heteroatoms. The minimum Gasteiger partial charge on any atom is -0.493 e. The molecule has 2 aromatic rings. The van der Waals surface area contributed by atoms with E-state index in [1.807, 2.05) is 29.2 Å². The number of aliphatic hydroxyl groups is 1. The molecule has 0 spiro atoms. The Balaban J connectivity index is 0.000000717. The molecular formula is C28H40FN3O5. The maximum absolute atomic E-state index is 13.3. The predicted octanol–water partition coefficient (Wildman–Crippen LogP) is 4.12. The zero-order chi connectivity index (χ0) is 27.4. The van der Waals surface area contributed by atoms with Gasteiger partial charge in [0.25, 0.3) is 0 Å². The van der Waals surface area contributed by atoms with Crippen LogP contribution in [0.25, 0.3) is 0 Å². The predicted molar refractivity (Wildman–Crippen MR) is 141 cm³/mol. The lowest BCUT2D eigenvalue weighted by atomic mass is 10.0. The molecule has 0 radical (unpaired) electrons. The van der Waals surface area contributed by atoms with Crippen LogP contribution in [0.15, 0.2) is 48.5 Å². The first-order valence-corrected chi connectivity index (χ1v) is 12.6. The van der Waals surface area contributed by atoms with E-state index in [-0.39, 0.29) is 17.9 Å². The maximum atomic E-state index is 13.3. The van der Waals surface area contributed by atoms with E-state index < -0.39 is 12.1 Å². The summed E-state index contributed by atoms with van der Waals surface area (Å²) in [4.78, 5) is 26.8. The van der Waals surface area contributed by atoms with Crippen LogP contribution in [0.4, 0.5) is 9.18 Å². The van der Waals surface area contributed by atoms with E-state index in [0.29, 0.717) is 25.6 Å². The number of aliphatic carboxylic acids is 1. The highest BCUT2D eigenvalue weighted by molar-refractivity contribution is 5.74. The Morgan fingerprint density at radius 2 is 1.59 bits per heavy atom. The molecule has 3 N–H and O–H groups in total. The fourth-order valence-electron chi connectivity index (χ4n) is 3.71. The summed E-state index contributed by atoms with van der Waals surface area (Å²) < 4.78 is 19.0. The fraction of sp³-hybridized carbons (Fsp3) is 0.500. The van der Waals surface area contributed by atoms with Gasteiger partial charge in [-0.05, 0) is 81.2 Å². The number of hydrogen-bond donors (Lipinski definition) is 3. The number of carboxylic acid groups (broad SMARTS) is 1. The summed E-state index contributed by atoms with van der Waals surface area (Å²) in [6.45, 7) is 8.98. The number of halogens is 1. The van der Waals surface area contributed by atoms with Crippen LogP contribution < -0.4 is 10.1 Å². The van der Waals surface area contributed by atoms with E-state index in [2.05, 4.69) is 31.1 Å². The monoisotopic (exact) mass is 517 g/mol. The van der Waals surface area contributed by atoms with Crippen molar-refractivity contribution >= 4 is 12.0 Å². The number of amides is 2. The minimum atomic E-state index is -1.23. The van der Waals surface area contributed by atoms with Crippen molar-refractivity contribution in [2.45, 2.75) is 58.8 Å². The average Bonchev–Trinajstić information content (AvgIpc) is 2.87. The smallest absolute Gasteiger partial charge is 0.332 e. The molecule has 1 fully saturated rings. The van der Waals surface area contributed by atoms with E-state index in [9.17, 15) is 14.0 Å². The van der Waals surface area contributed by atoms with E-state index >= 15 is 0 Å². The van der Waals surface area contributed by atoms with Crippen molar-refractivity contribution in [3.63, 3.8) is 0 Å². The van der Waals surface area contributed by atoms with E-state index in [1.165, 1.54) is 19.1 Å². The van der Waals surface area contributed by atoms with Crippen LogP contribution >= 0.6 is 0 Å². The lowest BCUT2D eigenvalue weighted by molar-refractivity contribution is -0.145. The molecule has 1 unspecified atom stereocenters. The Hall–Kier alpha value is -3.17. The topological polar surface area (TPSA) is 102 Å². The Bertz CT molecular complexity index is 959. The van der Waals surface area contributed by atoms with Crippen LogP contribution in [0.3, 0.4) is 0 Å². The molecule has 204 valence electrons. The SMILES string of the molecule is CC(C)COc1ccc(CNC(=O)N(Cc2ccc(F)cc2)C2CCN(C)CC2)cc1.CC(O)C(=O)O. The molecule has 1 saturated heterocycles. The molecule has 8 nitrogen and oxygen atoms in total. The average molecular weight is 518 g/mol. The third-order valence-corrected chi connectivity index (χ3v) is 5.96. The molecule has 37 heavy (non-hydrogen) atoms. The van der Waals surface area contributed by atoms with Crippen LogP contribution in [0, 0.1) is 11.7 Å². The molecule has 0 bridgehead atoms.